The third-order valence-electron chi connectivity index (χ3n) is 8.18. The van der Waals surface area contributed by atoms with Crippen molar-refractivity contribution < 1.29 is 19.5 Å². The lowest BCUT2D eigenvalue weighted by Gasteiger charge is -2.45. The summed E-state index contributed by atoms with van der Waals surface area (Å²) in [6.45, 7) is 10.9. The van der Waals surface area contributed by atoms with Crippen molar-refractivity contribution in [2.24, 2.45) is 17.3 Å². The first-order valence-corrected chi connectivity index (χ1v) is 11.7. The summed E-state index contributed by atoms with van der Waals surface area (Å²) in [4.78, 5) is 14.2. The molecule has 2 aliphatic carbocycles. The quantitative estimate of drug-likeness (QED) is 0.557. The van der Waals surface area contributed by atoms with Gasteiger partial charge in [0.05, 0.1) is 13.1 Å². The highest BCUT2D eigenvalue weighted by atomic mass is 16.6. The Kier molecular flexibility index (Phi) is 5.84. The fourth-order valence-electron chi connectivity index (χ4n) is 6.38. The largest absolute Gasteiger partial charge is 0.462 e. The van der Waals surface area contributed by atoms with Crippen LogP contribution in [0.1, 0.15) is 65.4 Å². The number of fused-ring (bicyclic) bond motifs is 2. The average Bonchev–Trinajstić information content (AvgIpc) is 3.00. The minimum Gasteiger partial charge on any atom is -0.462 e. The summed E-state index contributed by atoms with van der Waals surface area (Å²) in [5.41, 5.74) is 3.38. The van der Waals surface area contributed by atoms with Crippen molar-refractivity contribution in [1.82, 2.24) is 0 Å². The fraction of sp³-hybridized carbons (Fsp3) is 0.654. The van der Waals surface area contributed by atoms with Crippen molar-refractivity contribution in [3.05, 3.63) is 47.0 Å². The number of likely N-dealkylation sites (N-methyl/N-ethyl adjacent to an activating group) is 1. The molecule has 4 nitrogen and oxygen atoms in total. The predicted octanol–water partition coefficient (Wildman–Crippen LogP) is 3.26. The molecule has 2 N–H and O–H groups in total. The molecule has 0 aromatic heterocycles. The van der Waals surface area contributed by atoms with E-state index in [9.17, 15) is 9.90 Å². The van der Waals surface area contributed by atoms with Crippen molar-refractivity contribution in [2.75, 3.05) is 19.6 Å². The number of quaternary nitrogens is 1. The number of hydrogen-bond donors (Lipinski definition) is 2. The van der Waals surface area contributed by atoms with Crippen LogP contribution in [0.15, 0.2) is 41.5 Å². The highest BCUT2D eigenvalue weighted by molar-refractivity contribution is 5.75. The highest BCUT2D eigenvalue weighted by Crippen LogP contribution is 2.54. The topological polar surface area (TPSA) is 51.0 Å². The van der Waals surface area contributed by atoms with Crippen LogP contribution in [0.5, 0.6) is 0 Å². The Hall–Kier alpha value is -1.65. The third kappa shape index (κ3) is 3.97. The molecular weight excluding hydrogens is 374 g/mol. The number of esters is 1. The van der Waals surface area contributed by atoms with Gasteiger partial charge in [0, 0.05) is 5.92 Å². The molecule has 1 aromatic carbocycles. The highest BCUT2D eigenvalue weighted by Gasteiger charge is 2.54. The molecule has 0 spiro atoms. The molecule has 1 heterocycles. The Morgan fingerprint density at radius 3 is 2.73 bits per heavy atom. The zero-order valence-corrected chi connectivity index (χ0v) is 19.0. The van der Waals surface area contributed by atoms with Crippen molar-refractivity contribution in [2.45, 2.75) is 71.5 Å². The molecule has 6 atom stereocenters. The van der Waals surface area contributed by atoms with Crippen LogP contribution < -0.4 is 4.90 Å². The molecule has 4 rings (SSSR count). The lowest BCUT2D eigenvalue weighted by molar-refractivity contribution is -0.908. The minimum atomic E-state index is -0.915. The van der Waals surface area contributed by atoms with Gasteiger partial charge in [0.15, 0.2) is 0 Å². The van der Waals surface area contributed by atoms with Crippen LogP contribution in [0.3, 0.4) is 0 Å². The SMILES string of the molecule is CC[NH+](C[C@@H]1C(=O)O[C@H]2C[C@]3(C)CCCC(C)=C3C[C@@H]21)C[C@](C)(O)c1ccccc1. The van der Waals surface area contributed by atoms with E-state index < -0.39 is 5.60 Å². The summed E-state index contributed by atoms with van der Waals surface area (Å²) in [5.74, 6) is 0.205. The van der Waals surface area contributed by atoms with Gasteiger partial charge in [-0.3, -0.25) is 4.79 Å². The fourth-order valence-corrected chi connectivity index (χ4v) is 6.38. The van der Waals surface area contributed by atoms with Crippen LogP contribution in [0.4, 0.5) is 0 Å². The second-order valence-electron chi connectivity index (χ2n) is 10.5. The molecule has 0 bridgehead atoms. The van der Waals surface area contributed by atoms with E-state index in [1.807, 2.05) is 37.3 Å². The maximum absolute atomic E-state index is 12.9. The van der Waals surface area contributed by atoms with Crippen LogP contribution in [-0.2, 0) is 15.1 Å². The van der Waals surface area contributed by atoms with Crippen LogP contribution in [-0.4, -0.2) is 36.8 Å². The summed E-state index contributed by atoms with van der Waals surface area (Å²) in [7, 11) is 0. The summed E-state index contributed by atoms with van der Waals surface area (Å²) < 4.78 is 5.95. The molecule has 164 valence electrons. The van der Waals surface area contributed by atoms with Gasteiger partial charge in [0.25, 0.3) is 0 Å². The van der Waals surface area contributed by atoms with Crippen LogP contribution in [0.25, 0.3) is 0 Å². The standard InChI is InChI=1S/C26H37NO3/c1-5-27(17-26(4,29)19-11-7-6-8-12-19)16-21-20-14-22-18(2)10-9-13-25(22,3)15-23(20)30-24(21)28/h6-8,11-12,20-21,23,29H,5,9-10,13-17H2,1-4H3/p+1/t20-,21+,23+,25+,26+/m1/s1. The van der Waals surface area contributed by atoms with E-state index in [1.165, 1.54) is 24.2 Å². The first-order chi connectivity index (χ1) is 14.2. The van der Waals surface area contributed by atoms with E-state index in [1.54, 1.807) is 11.1 Å². The van der Waals surface area contributed by atoms with Crippen molar-refractivity contribution >= 4 is 5.97 Å². The van der Waals surface area contributed by atoms with Gasteiger partial charge in [-0.1, -0.05) is 48.4 Å². The molecule has 1 saturated heterocycles. The Balaban J connectivity index is 1.50. The van der Waals surface area contributed by atoms with Crippen LogP contribution in [0, 0.1) is 17.3 Å². The van der Waals surface area contributed by atoms with Crippen molar-refractivity contribution in [1.29, 1.82) is 0 Å². The van der Waals surface area contributed by atoms with Crippen LogP contribution >= 0.6 is 0 Å². The zero-order valence-electron chi connectivity index (χ0n) is 19.0. The summed E-state index contributed by atoms with van der Waals surface area (Å²) in [6, 6.07) is 9.86. The molecule has 0 radical (unpaired) electrons. The van der Waals surface area contributed by atoms with E-state index in [4.69, 9.17) is 4.74 Å². The smallest absolute Gasteiger partial charge is 0.315 e. The Labute approximate surface area is 181 Å². The molecule has 1 unspecified atom stereocenters. The lowest BCUT2D eigenvalue weighted by atomic mass is 9.59. The second-order valence-corrected chi connectivity index (χ2v) is 10.5. The molecular formula is C26H38NO3+. The number of nitrogens with one attached hydrogen (secondary N) is 1. The summed E-state index contributed by atoms with van der Waals surface area (Å²) in [6.07, 6.45) is 5.73. The van der Waals surface area contributed by atoms with Gasteiger partial charge in [0.1, 0.15) is 24.2 Å². The number of benzene rings is 1. The number of carbonyl (C=O) groups excluding carboxylic acids is 1. The Morgan fingerprint density at radius 2 is 2.03 bits per heavy atom. The first kappa shape index (κ1) is 21.6. The van der Waals surface area contributed by atoms with Gasteiger partial charge in [-0.05, 0) is 63.9 Å². The van der Waals surface area contributed by atoms with Crippen molar-refractivity contribution in [3.8, 4) is 0 Å². The van der Waals surface area contributed by atoms with Crippen molar-refractivity contribution in [3.63, 3.8) is 0 Å². The minimum absolute atomic E-state index is 0.0178. The second kappa shape index (κ2) is 8.12. The van der Waals surface area contributed by atoms with Gasteiger partial charge < -0.3 is 14.7 Å². The predicted molar refractivity (Wildman–Crippen MR) is 118 cm³/mol. The van der Waals surface area contributed by atoms with Gasteiger partial charge in [-0.15, -0.1) is 0 Å². The van der Waals surface area contributed by atoms with E-state index in [-0.39, 0.29) is 29.3 Å². The van der Waals surface area contributed by atoms with Gasteiger partial charge in [-0.2, -0.15) is 0 Å². The number of ether oxygens (including phenoxy) is 1. The molecule has 4 heteroatoms. The number of aliphatic hydroxyl groups is 1. The number of allylic oxidation sites excluding steroid dienone is 2. The third-order valence-corrected chi connectivity index (χ3v) is 8.18. The van der Waals surface area contributed by atoms with E-state index in [2.05, 4.69) is 20.8 Å². The average molecular weight is 413 g/mol. The molecule has 30 heavy (non-hydrogen) atoms. The molecule has 1 aromatic rings. The maximum atomic E-state index is 12.9. The van der Waals surface area contributed by atoms with Crippen LogP contribution in [0.2, 0.25) is 0 Å². The van der Waals surface area contributed by atoms with Gasteiger partial charge in [-0.25, -0.2) is 0 Å². The Morgan fingerprint density at radius 1 is 1.30 bits per heavy atom. The number of rotatable bonds is 6. The molecule has 1 aliphatic heterocycles. The lowest BCUT2D eigenvalue weighted by Crippen LogP contribution is -3.14. The van der Waals surface area contributed by atoms with E-state index >= 15 is 0 Å². The summed E-state index contributed by atoms with van der Waals surface area (Å²) in [5, 5.41) is 11.1. The monoisotopic (exact) mass is 412 g/mol. The van der Waals surface area contributed by atoms with Gasteiger partial charge in [0.2, 0.25) is 0 Å². The summed E-state index contributed by atoms with van der Waals surface area (Å²) >= 11 is 0. The molecule has 0 amide bonds. The molecule has 1 saturated carbocycles. The number of carbonyl (C=O) groups is 1. The zero-order chi connectivity index (χ0) is 21.5. The first-order valence-electron chi connectivity index (χ1n) is 11.7. The maximum Gasteiger partial charge on any atom is 0.315 e. The molecule has 2 fully saturated rings. The van der Waals surface area contributed by atoms with Gasteiger partial charge >= 0.3 is 5.97 Å². The normalized spacial score (nSPS) is 34.0. The van der Waals surface area contributed by atoms with E-state index in [0.29, 0.717) is 6.54 Å². The number of hydrogen-bond acceptors (Lipinski definition) is 3. The molecule has 3 aliphatic rings. The Bertz CT molecular complexity index is 815. The van der Waals surface area contributed by atoms with E-state index in [0.717, 1.165) is 31.5 Å².